The maximum atomic E-state index is 12.2. The van der Waals surface area contributed by atoms with Crippen LogP contribution in [0.5, 0.6) is 5.75 Å². The number of carbonyl (C=O) groups is 1. The molecule has 0 spiro atoms. The monoisotopic (exact) mass is 295 g/mol. The number of carbonyl (C=O) groups excluding carboxylic acids is 1. The van der Waals surface area contributed by atoms with Crippen molar-refractivity contribution in [3.05, 3.63) is 77.4 Å². The molecule has 2 aromatic rings. The molecule has 0 unspecified atom stereocenters. The van der Waals surface area contributed by atoms with Crippen molar-refractivity contribution in [3.8, 4) is 5.75 Å². The van der Waals surface area contributed by atoms with Gasteiger partial charge >= 0.3 is 0 Å². The normalized spacial score (nSPS) is 10.1. The van der Waals surface area contributed by atoms with Crippen LogP contribution in [-0.4, -0.2) is 12.5 Å². The summed E-state index contributed by atoms with van der Waals surface area (Å²) in [5, 5.41) is 2.94. The second-order valence-electron chi connectivity index (χ2n) is 5.38. The molecule has 0 radical (unpaired) electrons. The Morgan fingerprint density at radius 1 is 1.18 bits per heavy atom. The van der Waals surface area contributed by atoms with Gasteiger partial charge in [-0.2, -0.15) is 0 Å². The van der Waals surface area contributed by atoms with Crippen molar-refractivity contribution >= 4 is 5.91 Å². The first-order valence-corrected chi connectivity index (χ1v) is 7.26. The number of hydrogen-bond donors (Lipinski definition) is 1. The second kappa shape index (κ2) is 7.46. The minimum atomic E-state index is -0.107. The topological polar surface area (TPSA) is 38.3 Å². The first-order chi connectivity index (χ1) is 10.6. The summed E-state index contributed by atoms with van der Waals surface area (Å²) in [6, 6.07) is 15.2. The van der Waals surface area contributed by atoms with Crippen molar-refractivity contribution in [2.24, 2.45) is 0 Å². The number of rotatable bonds is 6. The lowest BCUT2D eigenvalue weighted by Gasteiger charge is -2.10. The second-order valence-corrected chi connectivity index (χ2v) is 5.38. The molecule has 0 saturated carbocycles. The Kier molecular flexibility index (Phi) is 5.37. The van der Waals surface area contributed by atoms with E-state index in [0.717, 1.165) is 11.1 Å². The molecule has 2 aromatic carbocycles. The summed E-state index contributed by atoms with van der Waals surface area (Å²) in [5.74, 6) is 0.565. The lowest BCUT2D eigenvalue weighted by Crippen LogP contribution is -2.23. The molecule has 2 rings (SSSR count). The van der Waals surface area contributed by atoms with Gasteiger partial charge < -0.3 is 10.1 Å². The quantitative estimate of drug-likeness (QED) is 0.821. The van der Waals surface area contributed by atoms with E-state index in [1.165, 1.54) is 5.56 Å². The molecule has 0 fully saturated rings. The zero-order valence-corrected chi connectivity index (χ0v) is 13.1. The van der Waals surface area contributed by atoms with Crippen LogP contribution in [0.25, 0.3) is 0 Å². The molecule has 0 atom stereocenters. The van der Waals surface area contributed by atoms with Crippen LogP contribution >= 0.6 is 0 Å². The van der Waals surface area contributed by atoms with Gasteiger partial charge in [0.25, 0.3) is 5.91 Å². The molecule has 22 heavy (non-hydrogen) atoms. The van der Waals surface area contributed by atoms with Crippen LogP contribution in [0.15, 0.2) is 60.7 Å². The minimum Gasteiger partial charge on any atom is -0.489 e. The SMILES string of the molecule is C=C(C)COc1cccc(C(=O)NCc2ccccc2C)c1. The minimum absolute atomic E-state index is 0.107. The molecule has 0 bridgehead atoms. The van der Waals surface area contributed by atoms with E-state index >= 15 is 0 Å². The Morgan fingerprint density at radius 2 is 1.95 bits per heavy atom. The van der Waals surface area contributed by atoms with Gasteiger partial charge in [-0.1, -0.05) is 36.9 Å². The lowest BCUT2D eigenvalue weighted by atomic mass is 10.1. The summed E-state index contributed by atoms with van der Waals surface area (Å²) < 4.78 is 5.56. The van der Waals surface area contributed by atoms with Gasteiger partial charge in [0, 0.05) is 12.1 Å². The Hall–Kier alpha value is -2.55. The summed E-state index contributed by atoms with van der Waals surface area (Å²) in [4.78, 5) is 12.2. The van der Waals surface area contributed by atoms with Gasteiger partial charge in [-0.05, 0) is 48.7 Å². The van der Waals surface area contributed by atoms with Crippen molar-refractivity contribution in [1.29, 1.82) is 0 Å². The molecule has 0 aliphatic carbocycles. The van der Waals surface area contributed by atoms with Crippen LogP contribution in [0.4, 0.5) is 0 Å². The fourth-order valence-corrected chi connectivity index (χ4v) is 2.02. The Labute approximate surface area is 131 Å². The first kappa shape index (κ1) is 15.8. The highest BCUT2D eigenvalue weighted by Crippen LogP contribution is 2.14. The van der Waals surface area contributed by atoms with E-state index in [2.05, 4.69) is 11.9 Å². The molecular formula is C19H21NO2. The standard InChI is InChI=1S/C19H21NO2/c1-14(2)13-22-18-10-6-9-16(11-18)19(21)20-12-17-8-5-4-7-15(17)3/h4-11H,1,12-13H2,2-3H3,(H,20,21). The maximum Gasteiger partial charge on any atom is 0.251 e. The van der Waals surface area contributed by atoms with Crippen molar-refractivity contribution in [3.63, 3.8) is 0 Å². The van der Waals surface area contributed by atoms with Gasteiger partial charge in [-0.3, -0.25) is 4.79 Å². The molecule has 1 N–H and O–H groups in total. The molecule has 0 aromatic heterocycles. The molecule has 114 valence electrons. The Bertz CT molecular complexity index is 677. The number of ether oxygens (including phenoxy) is 1. The van der Waals surface area contributed by atoms with Crippen LogP contribution in [0.1, 0.15) is 28.4 Å². The number of amides is 1. The summed E-state index contributed by atoms with van der Waals surface area (Å²) in [6.07, 6.45) is 0. The molecule has 1 amide bonds. The third-order valence-electron chi connectivity index (χ3n) is 3.28. The van der Waals surface area contributed by atoms with E-state index in [1.54, 1.807) is 12.1 Å². The van der Waals surface area contributed by atoms with Crippen molar-refractivity contribution in [1.82, 2.24) is 5.32 Å². The van der Waals surface area contributed by atoms with Gasteiger partial charge in [0.15, 0.2) is 0 Å². The largest absolute Gasteiger partial charge is 0.489 e. The van der Waals surface area contributed by atoms with Crippen LogP contribution in [0, 0.1) is 6.92 Å². The van der Waals surface area contributed by atoms with Crippen LogP contribution in [0.3, 0.4) is 0 Å². The number of nitrogens with one attached hydrogen (secondary N) is 1. The fraction of sp³-hybridized carbons (Fsp3) is 0.211. The van der Waals surface area contributed by atoms with E-state index in [-0.39, 0.29) is 5.91 Å². The summed E-state index contributed by atoms with van der Waals surface area (Å²) in [5.41, 5.74) is 3.81. The maximum absolute atomic E-state index is 12.2. The van der Waals surface area contributed by atoms with E-state index in [0.29, 0.717) is 24.5 Å². The van der Waals surface area contributed by atoms with Gasteiger partial charge in [0.05, 0.1) is 0 Å². The van der Waals surface area contributed by atoms with Crippen molar-refractivity contribution < 1.29 is 9.53 Å². The van der Waals surface area contributed by atoms with Gasteiger partial charge in [-0.15, -0.1) is 0 Å². The fourth-order valence-electron chi connectivity index (χ4n) is 2.02. The number of aryl methyl sites for hydroxylation is 1. The summed E-state index contributed by atoms with van der Waals surface area (Å²) >= 11 is 0. The highest BCUT2D eigenvalue weighted by molar-refractivity contribution is 5.94. The summed E-state index contributed by atoms with van der Waals surface area (Å²) in [7, 11) is 0. The van der Waals surface area contributed by atoms with E-state index in [9.17, 15) is 4.79 Å². The van der Waals surface area contributed by atoms with Crippen molar-refractivity contribution in [2.45, 2.75) is 20.4 Å². The van der Waals surface area contributed by atoms with Gasteiger partial charge in [-0.25, -0.2) is 0 Å². The van der Waals surface area contributed by atoms with Crippen LogP contribution < -0.4 is 10.1 Å². The van der Waals surface area contributed by atoms with Crippen LogP contribution in [-0.2, 0) is 6.54 Å². The van der Waals surface area contributed by atoms with Gasteiger partial charge in [0.2, 0.25) is 0 Å². The van der Waals surface area contributed by atoms with Crippen LogP contribution in [0.2, 0.25) is 0 Å². The smallest absolute Gasteiger partial charge is 0.251 e. The third kappa shape index (κ3) is 4.48. The van der Waals surface area contributed by atoms with E-state index in [4.69, 9.17) is 4.74 Å². The highest BCUT2D eigenvalue weighted by Gasteiger charge is 2.07. The zero-order chi connectivity index (χ0) is 15.9. The zero-order valence-electron chi connectivity index (χ0n) is 13.1. The van der Waals surface area contributed by atoms with Gasteiger partial charge in [0.1, 0.15) is 12.4 Å². The predicted molar refractivity (Wildman–Crippen MR) is 89.1 cm³/mol. The molecule has 0 saturated heterocycles. The summed E-state index contributed by atoms with van der Waals surface area (Å²) in [6.45, 7) is 8.70. The van der Waals surface area contributed by atoms with Crippen molar-refractivity contribution in [2.75, 3.05) is 6.61 Å². The molecular weight excluding hydrogens is 274 g/mol. The number of benzene rings is 2. The molecule has 3 heteroatoms. The highest BCUT2D eigenvalue weighted by atomic mass is 16.5. The third-order valence-corrected chi connectivity index (χ3v) is 3.28. The van der Waals surface area contributed by atoms with E-state index < -0.39 is 0 Å². The molecule has 3 nitrogen and oxygen atoms in total. The molecule has 0 aliphatic heterocycles. The predicted octanol–water partition coefficient (Wildman–Crippen LogP) is 3.88. The number of hydrogen-bond acceptors (Lipinski definition) is 2. The Balaban J connectivity index is 1.99. The average molecular weight is 295 g/mol. The Morgan fingerprint density at radius 3 is 2.68 bits per heavy atom. The first-order valence-electron chi connectivity index (χ1n) is 7.26. The molecule has 0 aliphatic rings. The lowest BCUT2D eigenvalue weighted by molar-refractivity contribution is 0.0950. The van der Waals surface area contributed by atoms with E-state index in [1.807, 2.05) is 50.2 Å². The molecule has 0 heterocycles. The average Bonchev–Trinajstić information content (AvgIpc) is 2.52.